The first kappa shape index (κ1) is 15.9. The SMILES string of the molecule is CCC(N)Cc1ccc(-n2ccc(C(F)(F)F)n2)c(Cl)c1. The van der Waals surface area contributed by atoms with Gasteiger partial charge in [-0.3, -0.25) is 0 Å². The topological polar surface area (TPSA) is 43.8 Å². The molecule has 1 heterocycles. The van der Waals surface area contributed by atoms with Gasteiger partial charge in [-0.05, 0) is 36.6 Å². The predicted molar refractivity (Wildman–Crippen MR) is 75.5 cm³/mol. The van der Waals surface area contributed by atoms with E-state index in [4.69, 9.17) is 17.3 Å². The van der Waals surface area contributed by atoms with Crippen molar-refractivity contribution >= 4 is 11.6 Å². The number of hydrogen-bond donors (Lipinski definition) is 1. The summed E-state index contributed by atoms with van der Waals surface area (Å²) in [5, 5.41) is 3.84. The highest BCUT2D eigenvalue weighted by Gasteiger charge is 2.33. The molecule has 7 heteroatoms. The van der Waals surface area contributed by atoms with E-state index in [1.165, 1.54) is 6.20 Å². The minimum absolute atomic E-state index is 0.0356. The molecular weight excluding hydrogens is 303 g/mol. The van der Waals surface area contributed by atoms with E-state index >= 15 is 0 Å². The Labute approximate surface area is 125 Å². The van der Waals surface area contributed by atoms with Gasteiger partial charge in [-0.25, -0.2) is 4.68 Å². The van der Waals surface area contributed by atoms with Crippen molar-refractivity contribution in [2.24, 2.45) is 5.73 Å². The van der Waals surface area contributed by atoms with Crippen LogP contribution in [0.1, 0.15) is 24.6 Å². The van der Waals surface area contributed by atoms with E-state index in [0.717, 1.165) is 22.7 Å². The summed E-state index contributed by atoms with van der Waals surface area (Å²) >= 11 is 6.13. The van der Waals surface area contributed by atoms with E-state index in [1.807, 2.05) is 6.92 Å². The fraction of sp³-hybridized carbons (Fsp3) is 0.357. The molecule has 0 saturated carbocycles. The number of alkyl halides is 3. The molecule has 1 aromatic carbocycles. The quantitative estimate of drug-likeness (QED) is 0.931. The third kappa shape index (κ3) is 3.77. The highest BCUT2D eigenvalue weighted by atomic mass is 35.5. The first-order valence-electron chi connectivity index (χ1n) is 6.48. The van der Waals surface area contributed by atoms with Crippen molar-refractivity contribution in [1.29, 1.82) is 0 Å². The Hall–Kier alpha value is -1.53. The average Bonchev–Trinajstić information content (AvgIpc) is 2.88. The molecular formula is C14H15ClF3N3. The number of aromatic nitrogens is 2. The van der Waals surface area contributed by atoms with Crippen molar-refractivity contribution in [3.8, 4) is 5.69 Å². The summed E-state index contributed by atoms with van der Waals surface area (Å²) in [6.45, 7) is 1.99. The Morgan fingerprint density at radius 3 is 2.57 bits per heavy atom. The number of halogens is 4. The zero-order valence-electron chi connectivity index (χ0n) is 11.4. The first-order valence-corrected chi connectivity index (χ1v) is 6.86. The summed E-state index contributed by atoms with van der Waals surface area (Å²) in [7, 11) is 0. The molecule has 2 N–H and O–H groups in total. The van der Waals surface area contributed by atoms with Crippen LogP contribution in [-0.2, 0) is 12.6 Å². The van der Waals surface area contributed by atoms with Crippen molar-refractivity contribution in [3.05, 3.63) is 46.7 Å². The normalized spacial score (nSPS) is 13.4. The highest BCUT2D eigenvalue weighted by Crippen LogP contribution is 2.29. The molecule has 0 aliphatic heterocycles. The van der Waals surface area contributed by atoms with E-state index in [0.29, 0.717) is 17.1 Å². The van der Waals surface area contributed by atoms with Gasteiger partial charge in [0.05, 0.1) is 10.7 Å². The van der Waals surface area contributed by atoms with Crippen LogP contribution < -0.4 is 5.73 Å². The zero-order valence-corrected chi connectivity index (χ0v) is 12.1. The molecule has 1 unspecified atom stereocenters. The summed E-state index contributed by atoms with van der Waals surface area (Å²) in [5.74, 6) is 0. The van der Waals surface area contributed by atoms with Gasteiger partial charge in [0.25, 0.3) is 0 Å². The molecule has 21 heavy (non-hydrogen) atoms. The van der Waals surface area contributed by atoms with E-state index < -0.39 is 11.9 Å². The van der Waals surface area contributed by atoms with Crippen LogP contribution in [0, 0.1) is 0 Å². The maximum absolute atomic E-state index is 12.5. The van der Waals surface area contributed by atoms with Gasteiger partial charge in [-0.15, -0.1) is 0 Å². The summed E-state index contributed by atoms with van der Waals surface area (Å²) in [6, 6.07) is 6.10. The molecule has 0 amide bonds. The fourth-order valence-corrected chi connectivity index (χ4v) is 2.21. The molecule has 3 nitrogen and oxygen atoms in total. The maximum Gasteiger partial charge on any atom is 0.435 e. The van der Waals surface area contributed by atoms with Gasteiger partial charge < -0.3 is 5.73 Å². The lowest BCUT2D eigenvalue weighted by atomic mass is 10.0. The van der Waals surface area contributed by atoms with Gasteiger partial charge in [0.2, 0.25) is 0 Å². The summed E-state index contributed by atoms with van der Waals surface area (Å²) in [6.07, 6.45) is -1.72. The van der Waals surface area contributed by atoms with Gasteiger partial charge in [0, 0.05) is 12.2 Å². The van der Waals surface area contributed by atoms with Crippen molar-refractivity contribution in [1.82, 2.24) is 9.78 Å². The molecule has 0 aliphatic rings. The lowest BCUT2D eigenvalue weighted by molar-refractivity contribution is -0.141. The van der Waals surface area contributed by atoms with Crippen molar-refractivity contribution in [2.75, 3.05) is 0 Å². The average molecular weight is 318 g/mol. The van der Waals surface area contributed by atoms with Gasteiger partial charge in [0.15, 0.2) is 5.69 Å². The number of nitrogens with two attached hydrogens (primary N) is 1. The molecule has 0 bridgehead atoms. The summed E-state index contributed by atoms with van der Waals surface area (Å²) < 4.78 is 38.7. The number of rotatable bonds is 4. The molecule has 114 valence electrons. The van der Waals surface area contributed by atoms with Crippen LogP contribution in [0.3, 0.4) is 0 Å². The maximum atomic E-state index is 12.5. The highest BCUT2D eigenvalue weighted by molar-refractivity contribution is 6.32. The number of nitrogens with zero attached hydrogens (tertiary/aromatic N) is 2. The van der Waals surface area contributed by atoms with Crippen molar-refractivity contribution in [3.63, 3.8) is 0 Å². The predicted octanol–water partition coefficient (Wildman–Crippen LogP) is 3.82. The Morgan fingerprint density at radius 2 is 2.05 bits per heavy atom. The van der Waals surface area contributed by atoms with E-state index in [9.17, 15) is 13.2 Å². The molecule has 1 atom stereocenters. The molecule has 0 fully saturated rings. The minimum Gasteiger partial charge on any atom is -0.327 e. The smallest absolute Gasteiger partial charge is 0.327 e. The van der Waals surface area contributed by atoms with E-state index in [2.05, 4.69) is 5.10 Å². The van der Waals surface area contributed by atoms with Crippen LogP contribution in [-0.4, -0.2) is 15.8 Å². The third-order valence-corrected chi connectivity index (χ3v) is 3.46. The standard InChI is InChI=1S/C14H15ClF3N3/c1-2-10(19)7-9-3-4-12(11(15)8-9)21-6-5-13(20-21)14(16,17)18/h3-6,8,10H,2,7,19H2,1H3. The summed E-state index contributed by atoms with van der Waals surface area (Å²) in [5.41, 5.74) is 6.27. The minimum atomic E-state index is -4.47. The largest absolute Gasteiger partial charge is 0.435 e. The van der Waals surface area contributed by atoms with Crippen LogP contribution in [0.15, 0.2) is 30.5 Å². The van der Waals surface area contributed by atoms with Crippen LogP contribution >= 0.6 is 11.6 Å². The molecule has 0 radical (unpaired) electrons. The van der Waals surface area contributed by atoms with E-state index in [1.54, 1.807) is 18.2 Å². The van der Waals surface area contributed by atoms with Crippen LogP contribution in [0.4, 0.5) is 13.2 Å². The van der Waals surface area contributed by atoms with Crippen LogP contribution in [0.5, 0.6) is 0 Å². The molecule has 0 saturated heterocycles. The molecule has 2 rings (SSSR count). The second-order valence-electron chi connectivity index (χ2n) is 4.80. The Bertz CT molecular complexity index is 622. The molecule has 1 aromatic heterocycles. The molecule has 2 aromatic rings. The lowest BCUT2D eigenvalue weighted by Crippen LogP contribution is -2.21. The molecule has 0 aliphatic carbocycles. The van der Waals surface area contributed by atoms with Crippen molar-refractivity contribution in [2.45, 2.75) is 32.0 Å². The third-order valence-electron chi connectivity index (χ3n) is 3.16. The van der Waals surface area contributed by atoms with E-state index in [-0.39, 0.29) is 6.04 Å². The van der Waals surface area contributed by atoms with Gasteiger partial charge in [0.1, 0.15) is 0 Å². The lowest BCUT2D eigenvalue weighted by Gasteiger charge is -2.11. The first-order chi connectivity index (χ1) is 9.81. The van der Waals surface area contributed by atoms with Gasteiger partial charge in [-0.2, -0.15) is 18.3 Å². The number of hydrogen-bond acceptors (Lipinski definition) is 2. The second kappa shape index (κ2) is 6.07. The monoisotopic (exact) mass is 317 g/mol. The van der Waals surface area contributed by atoms with Gasteiger partial charge in [-0.1, -0.05) is 24.6 Å². The van der Waals surface area contributed by atoms with Gasteiger partial charge >= 0.3 is 6.18 Å². The fourth-order valence-electron chi connectivity index (χ4n) is 1.92. The Balaban J connectivity index is 2.27. The zero-order chi connectivity index (χ0) is 15.6. The summed E-state index contributed by atoms with van der Waals surface area (Å²) in [4.78, 5) is 0. The number of benzene rings is 1. The Morgan fingerprint density at radius 1 is 1.33 bits per heavy atom. The Kier molecular flexibility index (Phi) is 4.58. The molecule has 0 spiro atoms. The van der Waals surface area contributed by atoms with Crippen LogP contribution in [0.25, 0.3) is 5.69 Å². The van der Waals surface area contributed by atoms with Crippen LogP contribution in [0.2, 0.25) is 5.02 Å². The second-order valence-corrected chi connectivity index (χ2v) is 5.21. The van der Waals surface area contributed by atoms with Crippen molar-refractivity contribution < 1.29 is 13.2 Å².